The molecular formula is C43H43BrN2+2. The van der Waals surface area contributed by atoms with Crippen molar-refractivity contribution >= 4 is 43.2 Å². The molecule has 0 saturated carbocycles. The SMILES string of the molecule is CCCCc1cccc2c3[n+](ccc12)C(CC)(CC)C=C(Cc1ccccc1-c1ccc2ccccc2[n+]1C)c1ccc(Br)cc1-3. The van der Waals surface area contributed by atoms with E-state index >= 15 is 0 Å². The molecule has 4 aromatic carbocycles. The van der Waals surface area contributed by atoms with Gasteiger partial charge in [-0.15, -0.1) is 0 Å². The lowest BCUT2D eigenvalue weighted by Crippen LogP contribution is -2.55. The number of fused-ring (bicyclic) bond motifs is 6. The van der Waals surface area contributed by atoms with Crippen molar-refractivity contribution in [3.8, 4) is 22.5 Å². The summed E-state index contributed by atoms with van der Waals surface area (Å²) < 4.78 is 6.06. The van der Waals surface area contributed by atoms with Gasteiger partial charge < -0.3 is 0 Å². The van der Waals surface area contributed by atoms with Crippen LogP contribution < -0.4 is 9.13 Å². The van der Waals surface area contributed by atoms with Gasteiger partial charge in [0.2, 0.25) is 16.9 Å². The minimum atomic E-state index is -0.146. The zero-order valence-electron chi connectivity index (χ0n) is 27.5. The lowest BCUT2D eigenvalue weighted by atomic mass is 9.85. The lowest BCUT2D eigenvalue weighted by Gasteiger charge is -2.25. The van der Waals surface area contributed by atoms with E-state index in [0.717, 1.165) is 30.2 Å². The molecule has 46 heavy (non-hydrogen) atoms. The zero-order valence-corrected chi connectivity index (χ0v) is 29.1. The third-order valence-electron chi connectivity index (χ3n) is 10.4. The van der Waals surface area contributed by atoms with Crippen molar-refractivity contribution in [3.05, 3.63) is 137 Å². The fraction of sp³-hybridized carbons (Fsp3) is 0.256. The number of aromatic nitrogens is 2. The van der Waals surface area contributed by atoms with Crippen LogP contribution in [-0.2, 0) is 25.4 Å². The Morgan fingerprint density at radius 3 is 2.30 bits per heavy atom. The van der Waals surface area contributed by atoms with Gasteiger partial charge in [0.05, 0.1) is 10.9 Å². The first-order valence-corrected chi connectivity index (χ1v) is 17.7. The molecule has 0 aliphatic carbocycles. The molecular weight excluding hydrogens is 624 g/mol. The number of pyridine rings is 2. The van der Waals surface area contributed by atoms with E-state index in [-0.39, 0.29) is 5.54 Å². The molecule has 0 spiro atoms. The number of halogens is 1. The van der Waals surface area contributed by atoms with Crippen LogP contribution in [0.15, 0.2) is 120 Å². The molecule has 0 bridgehead atoms. The van der Waals surface area contributed by atoms with Gasteiger partial charge in [0, 0.05) is 46.5 Å². The van der Waals surface area contributed by atoms with E-state index in [1.54, 1.807) is 0 Å². The summed E-state index contributed by atoms with van der Waals surface area (Å²) >= 11 is 3.87. The molecule has 1 aliphatic heterocycles. The summed E-state index contributed by atoms with van der Waals surface area (Å²) in [6.45, 7) is 6.99. The zero-order chi connectivity index (χ0) is 31.8. The number of allylic oxidation sites excluding steroid dienone is 2. The van der Waals surface area contributed by atoms with Crippen LogP contribution in [0.5, 0.6) is 0 Å². The molecule has 2 nitrogen and oxygen atoms in total. The maximum atomic E-state index is 3.87. The summed E-state index contributed by atoms with van der Waals surface area (Å²) in [6, 6.07) is 38.4. The normalized spacial score (nSPS) is 13.7. The summed E-state index contributed by atoms with van der Waals surface area (Å²) in [7, 11) is 2.19. The Hall–Kier alpha value is -4.08. The number of para-hydroxylation sites is 1. The highest BCUT2D eigenvalue weighted by Gasteiger charge is 2.41. The Morgan fingerprint density at radius 1 is 0.696 bits per heavy atom. The first-order valence-electron chi connectivity index (χ1n) is 16.9. The van der Waals surface area contributed by atoms with Crippen LogP contribution in [0.25, 0.3) is 49.8 Å². The summed E-state index contributed by atoms with van der Waals surface area (Å²) in [5, 5.41) is 3.99. The minimum absolute atomic E-state index is 0.146. The minimum Gasteiger partial charge on any atom is -0.194 e. The Labute approximate surface area is 282 Å². The van der Waals surface area contributed by atoms with Gasteiger partial charge in [-0.3, -0.25) is 0 Å². The maximum absolute atomic E-state index is 3.87. The van der Waals surface area contributed by atoms with Crippen molar-refractivity contribution in [2.45, 2.75) is 64.8 Å². The predicted octanol–water partition coefficient (Wildman–Crippen LogP) is 10.7. The van der Waals surface area contributed by atoms with Gasteiger partial charge in [-0.2, -0.15) is 9.13 Å². The topological polar surface area (TPSA) is 7.76 Å². The highest BCUT2D eigenvalue weighted by molar-refractivity contribution is 9.10. The van der Waals surface area contributed by atoms with Crippen LogP contribution in [0.1, 0.15) is 63.1 Å². The highest BCUT2D eigenvalue weighted by Crippen LogP contribution is 2.42. The molecule has 1 aliphatic rings. The van der Waals surface area contributed by atoms with Crippen LogP contribution in [-0.4, -0.2) is 0 Å². The van der Waals surface area contributed by atoms with Crippen LogP contribution in [0, 0.1) is 0 Å². The molecule has 0 atom stereocenters. The molecule has 0 unspecified atom stereocenters. The van der Waals surface area contributed by atoms with Crippen LogP contribution in [0.2, 0.25) is 0 Å². The molecule has 230 valence electrons. The van der Waals surface area contributed by atoms with Crippen LogP contribution >= 0.6 is 15.9 Å². The fourth-order valence-electron chi connectivity index (χ4n) is 7.75. The molecule has 3 heterocycles. The Balaban J connectivity index is 1.45. The standard InChI is InChI=1S/C43H43BrN2/c1-5-8-14-30-17-13-19-38-36(30)25-26-46-42(38)39-28-34(44)22-23-35(39)33(29-43(46,6-2)7-3)27-32-16-9-11-18-37(32)41-24-21-31-15-10-12-20-40(31)45(41)4/h9-13,15-26,28-29H,5-8,14,27H2,1-4H3/q+2. The van der Waals surface area contributed by atoms with E-state index in [0.29, 0.717) is 0 Å². The van der Waals surface area contributed by atoms with Crippen molar-refractivity contribution in [1.82, 2.24) is 0 Å². The number of hydrogen-bond acceptors (Lipinski definition) is 0. The Bertz CT molecular complexity index is 2120. The monoisotopic (exact) mass is 666 g/mol. The summed E-state index contributed by atoms with van der Waals surface area (Å²) in [5.74, 6) is 0. The Morgan fingerprint density at radius 2 is 1.48 bits per heavy atom. The average molecular weight is 668 g/mol. The Kier molecular flexibility index (Phi) is 8.38. The number of aryl methyl sites for hydroxylation is 2. The van der Waals surface area contributed by atoms with Crippen LogP contribution in [0.3, 0.4) is 0 Å². The molecule has 0 radical (unpaired) electrons. The molecule has 6 aromatic rings. The fourth-order valence-corrected chi connectivity index (χ4v) is 8.11. The van der Waals surface area contributed by atoms with Gasteiger partial charge >= 0.3 is 0 Å². The molecule has 3 heteroatoms. The van der Waals surface area contributed by atoms with E-state index in [1.807, 2.05) is 0 Å². The number of rotatable bonds is 8. The second kappa shape index (κ2) is 12.6. The van der Waals surface area contributed by atoms with Gasteiger partial charge in [0.15, 0.2) is 11.7 Å². The first-order chi connectivity index (χ1) is 22.5. The third-order valence-corrected chi connectivity index (χ3v) is 10.9. The largest absolute Gasteiger partial charge is 0.221 e. The summed E-state index contributed by atoms with van der Waals surface area (Å²) in [4.78, 5) is 0. The number of nitrogens with zero attached hydrogens (tertiary/aromatic N) is 2. The van der Waals surface area contributed by atoms with Crippen molar-refractivity contribution in [2.24, 2.45) is 7.05 Å². The summed E-state index contributed by atoms with van der Waals surface area (Å²) in [6.07, 6.45) is 11.4. The molecule has 0 amide bonds. The van der Waals surface area contributed by atoms with Gasteiger partial charge in [-0.25, -0.2) is 0 Å². The van der Waals surface area contributed by atoms with E-state index in [9.17, 15) is 0 Å². The maximum Gasteiger partial charge on any atom is 0.221 e. The van der Waals surface area contributed by atoms with Gasteiger partial charge in [-0.05, 0) is 89.4 Å². The van der Waals surface area contributed by atoms with Gasteiger partial charge in [-0.1, -0.05) is 91.7 Å². The van der Waals surface area contributed by atoms with E-state index in [4.69, 9.17) is 0 Å². The first kappa shape index (κ1) is 30.6. The molecule has 0 N–H and O–H groups in total. The van der Waals surface area contributed by atoms with E-state index in [1.165, 1.54) is 79.3 Å². The number of hydrogen-bond donors (Lipinski definition) is 0. The molecule has 2 aromatic heterocycles. The van der Waals surface area contributed by atoms with Crippen molar-refractivity contribution in [2.75, 3.05) is 0 Å². The second-order valence-electron chi connectivity index (χ2n) is 12.9. The number of benzene rings is 4. The van der Waals surface area contributed by atoms with Crippen molar-refractivity contribution < 1.29 is 9.13 Å². The lowest BCUT2D eigenvalue weighted by molar-refractivity contribution is -0.742. The quantitative estimate of drug-likeness (QED) is 0.143. The average Bonchev–Trinajstić information content (AvgIpc) is 3.20. The highest BCUT2D eigenvalue weighted by atomic mass is 79.9. The smallest absolute Gasteiger partial charge is 0.194 e. The summed E-state index contributed by atoms with van der Waals surface area (Å²) in [5.41, 5.74) is 11.8. The van der Waals surface area contributed by atoms with E-state index in [2.05, 4.69) is 168 Å². The van der Waals surface area contributed by atoms with Gasteiger partial charge in [0.25, 0.3) is 0 Å². The van der Waals surface area contributed by atoms with Crippen molar-refractivity contribution in [3.63, 3.8) is 0 Å². The van der Waals surface area contributed by atoms with Crippen LogP contribution in [0.4, 0.5) is 0 Å². The predicted molar refractivity (Wildman–Crippen MR) is 197 cm³/mol. The molecule has 0 fully saturated rings. The van der Waals surface area contributed by atoms with E-state index < -0.39 is 0 Å². The van der Waals surface area contributed by atoms with Gasteiger partial charge in [0.1, 0.15) is 7.05 Å². The molecule has 7 rings (SSSR count). The second-order valence-corrected chi connectivity index (χ2v) is 13.8. The number of unbranched alkanes of at least 4 members (excludes halogenated alkanes) is 1. The molecule has 0 saturated heterocycles. The third kappa shape index (κ3) is 5.19. The van der Waals surface area contributed by atoms with Crippen molar-refractivity contribution in [1.29, 1.82) is 0 Å².